The van der Waals surface area contributed by atoms with E-state index in [1.165, 1.54) is 30.9 Å². The van der Waals surface area contributed by atoms with Crippen LogP contribution in [0.1, 0.15) is 37.3 Å². The third kappa shape index (κ3) is 2.79. The number of hydrogen-bond donors (Lipinski definition) is 1. The first-order valence-corrected chi connectivity index (χ1v) is 6.25. The van der Waals surface area contributed by atoms with Gasteiger partial charge in [-0.25, -0.2) is 4.39 Å². The molecule has 0 aromatic heterocycles. The topological polar surface area (TPSA) is 12.0 Å². The summed E-state index contributed by atoms with van der Waals surface area (Å²) in [5, 5.41) is 3.50. The van der Waals surface area contributed by atoms with Crippen molar-refractivity contribution in [3.63, 3.8) is 0 Å². The number of benzene rings is 1. The first-order valence-electron chi connectivity index (χ1n) is 5.46. The van der Waals surface area contributed by atoms with Gasteiger partial charge in [0.2, 0.25) is 0 Å². The molecule has 3 heteroatoms. The van der Waals surface area contributed by atoms with Crippen LogP contribution in [0.3, 0.4) is 0 Å². The highest BCUT2D eigenvalue weighted by Crippen LogP contribution is 2.26. The molecule has 0 aliphatic carbocycles. The molecule has 0 amide bonds. The summed E-state index contributed by atoms with van der Waals surface area (Å²) in [6, 6.07) is 5.69. The molecule has 1 atom stereocenters. The van der Waals surface area contributed by atoms with Crippen molar-refractivity contribution in [3.05, 3.63) is 34.1 Å². The van der Waals surface area contributed by atoms with Crippen molar-refractivity contribution in [3.8, 4) is 0 Å². The van der Waals surface area contributed by atoms with Gasteiger partial charge < -0.3 is 5.32 Å². The number of hydrogen-bond acceptors (Lipinski definition) is 1. The highest BCUT2D eigenvalue weighted by Gasteiger charge is 2.14. The average Bonchev–Trinajstić information content (AvgIpc) is 2.50. The van der Waals surface area contributed by atoms with Crippen molar-refractivity contribution < 1.29 is 4.39 Å². The zero-order valence-corrected chi connectivity index (χ0v) is 10.2. The molecule has 0 spiro atoms. The summed E-state index contributed by atoms with van der Waals surface area (Å²) in [7, 11) is 0. The van der Waals surface area contributed by atoms with Crippen molar-refractivity contribution in [1.29, 1.82) is 0 Å². The van der Waals surface area contributed by atoms with Crippen molar-refractivity contribution in [2.45, 2.75) is 31.7 Å². The molecule has 15 heavy (non-hydrogen) atoms. The molecule has 82 valence electrons. The van der Waals surface area contributed by atoms with Gasteiger partial charge in [0, 0.05) is 6.04 Å². The molecule has 1 nitrogen and oxygen atoms in total. The molecule has 1 heterocycles. The van der Waals surface area contributed by atoms with Gasteiger partial charge >= 0.3 is 0 Å². The molecule has 1 aliphatic rings. The first-order chi connectivity index (χ1) is 7.27. The second-order valence-corrected chi connectivity index (χ2v) is 4.88. The third-order valence-electron chi connectivity index (χ3n) is 2.91. The standard InChI is InChI=1S/C12H15BrFN/c13-10-8-9(5-6-11(10)14)12-4-2-1-3-7-15-12/h5-6,8,12,15H,1-4,7H2. The second kappa shape index (κ2) is 5.08. The Hall–Kier alpha value is -0.410. The summed E-state index contributed by atoms with van der Waals surface area (Å²) < 4.78 is 13.6. The lowest BCUT2D eigenvalue weighted by atomic mass is 10.0. The Bertz CT molecular complexity index is 332. The molecule has 1 unspecified atom stereocenters. The van der Waals surface area contributed by atoms with Gasteiger partial charge in [0.15, 0.2) is 0 Å². The zero-order chi connectivity index (χ0) is 10.7. The normalized spacial score (nSPS) is 22.4. The predicted octanol–water partition coefficient (Wildman–Crippen LogP) is 3.79. The van der Waals surface area contributed by atoms with Crippen LogP contribution < -0.4 is 5.32 Å². The van der Waals surface area contributed by atoms with Crippen LogP contribution >= 0.6 is 15.9 Å². The van der Waals surface area contributed by atoms with Crippen molar-refractivity contribution in [1.82, 2.24) is 5.32 Å². The lowest BCUT2D eigenvalue weighted by Gasteiger charge is -2.16. The Morgan fingerprint density at radius 1 is 1.27 bits per heavy atom. The van der Waals surface area contributed by atoms with E-state index >= 15 is 0 Å². The Morgan fingerprint density at radius 3 is 2.93 bits per heavy atom. The minimum atomic E-state index is -0.188. The van der Waals surface area contributed by atoms with Gasteiger partial charge in [0.05, 0.1) is 4.47 Å². The summed E-state index contributed by atoms with van der Waals surface area (Å²) in [6.45, 7) is 1.07. The lowest BCUT2D eigenvalue weighted by molar-refractivity contribution is 0.532. The van der Waals surface area contributed by atoms with E-state index in [1.54, 1.807) is 0 Å². The molecular formula is C12H15BrFN. The highest BCUT2D eigenvalue weighted by molar-refractivity contribution is 9.10. The van der Waals surface area contributed by atoms with E-state index in [9.17, 15) is 4.39 Å². The van der Waals surface area contributed by atoms with Crippen LogP contribution in [0.25, 0.3) is 0 Å². The molecule has 1 aromatic carbocycles. The minimum Gasteiger partial charge on any atom is -0.310 e. The van der Waals surface area contributed by atoms with Gasteiger partial charge in [-0.3, -0.25) is 0 Å². The first kappa shape index (κ1) is 11.1. The van der Waals surface area contributed by atoms with Crippen molar-refractivity contribution >= 4 is 15.9 Å². The Morgan fingerprint density at radius 2 is 2.13 bits per heavy atom. The largest absolute Gasteiger partial charge is 0.310 e. The van der Waals surface area contributed by atoms with Gasteiger partial charge in [0.1, 0.15) is 5.82 Å². The van der Waals surface area contributed by atoms with Gasteiger partial charge in [0.25, 0.3) is 0 Å². The summed E-state index contributed by atoms with van der Waals surface area (Å²) in [4.78, 5) is 0. The van der Waals surface area contributed by atoms with Crippen LogP contribution in [0.4, 0.5) is 4.39 Å². The SMILES string of the molecule is Fc1ccc(C2CCCCCN2)cc1Br. The lowest BCUT2D eigenvalue weighted by Crippen LogP contribution is -2.20. The fourth-order valence-corrected chi connectivity index (χ4v) is 2.44. The van der Waals surface area contributed by atoms with Crippen LogP contribution in [0.2, 0.25) is 0 Å². The van der Waals surface area contributed by atoms with E-state index in [4.69, 9.17) is 0 Å². The Balaban J connectivity index is 2.16. The fraction of sp³-hybridized carbons (Fsp3) is 0.500. The molecule has 2 rings (SSSR count). The fourth-order valence-electron chi connectivity index (χ4n) is 2.04. The molecule has 0 bridgehead atoms. The van der Waals surface area contributed by atoms with E-state index in [0.29, 0.717) is 10.5 Å². The van der Waals surface area contributed by atoms with Crippen LogP contribution in [0.5, 0.6) is 0 Å². The van der Waals surface area contributed by atoms with Crippen molar-refractivity contribution in [2.75, 3.05) is 6.54 Å². The average molecular weight is 272 g/mol. The molecule has 1 aromatic rings. The molecule has 1 saturated heterocycles. The predicted molar refractivity (Wildman–Crippen MR) is 63.3 cm³/mol. The third-order valence-corrected chi connectivity index (χ3v) is 3.51. The van der Waals surface area contributed by atoms with E-state index in [1.807, 2.05) is 12.1 Å². The van der Waals surface area contributed by atoms with Crippen molar-refractivity contribution in [2.24, 2.45) is 0 Å². The van der Waals surface area contributed by atoms with Gasteiger partial charge in [-0.15, -0.1) is 0 Å². The number of halogens is 2. The summed E-state index contributed by atoms with van der Waals surface area (Å²) in [5.74, 6) is -0.188. The number of rotatable bonds is 1. The molecule has 0 radical (unpaired) electrons. The summed E-state index contributed by atoms with van der Waals surface area (Å²) >= 11 is 3.23. The maximum atomic E-state index is 13.1. The molecule has 1 aliphatic heterocycles. The molecular weight excluding hydrogens is 257 g/mol. The maximum Gasteiger partial charge on any atom is 0.137 e. The zero-order valence-electron chi connectivity index (χ0n) is 8.60. The van der Waals surface area contributed by atoms with E-state index < -0.39 is 0 Å². The van der Waals surface area contributed by atoms with Crippen LogP contribution in [-0.2, 0) is 0 Å². The van der Waals surface area contributed by atoms with E-state index in [2.05, 4.69) is 21.2 Å². The monoisotopic (exact) mass is 271 g/mol. The minimum absolute atomic E-state index is 0.188. The van der Waals surface area contributed by atoms with Gasteiger partial charge in [-0.05, 0) is 53.0 Å². The quantitative estimate of drug-likeness (QED) is 0.820. The van der Waals surface area contributed by atoms with Crippen LogP contribution in [0, 0.1) is 5.82 Å². The van der Waals surface area contributed by atoms with Gasteiger partial charge in [-0.1, -0.05) is 18.9 Å². The van der Waals surface area contributed by atoms with E-state index in [-0.39, 0.29) is 5.82 Å². The Labute approximate surface area is 98.2 Å². The molecule has 1 N–H and O–H groups in total. The smallest absolute Gasteiger partial charge is 0.137 e. The van der Waals surface area contributed by atoms with Crippen LogP contribution in [-0.4, -0.2) is 6.54 Å². The number of nitrogens with one attached hydrogen (secondary N) is 1. The van der Waals surface area contributed by atoms with Crippen LogP contribution in [0.15, 0.2) is 22.7 Å². The maximum absolute atomic E-state index is 13.1. The van der Waals surface area contributed by atoms with Gasteiger partial charge in [-0.2, -0.15) is 0 Å². The Kier molecular flexibility index (Phi) is 3.76. The highest BCUT2D eigenvalue weighted by atomic mass is 79.9. The summed E-state index contributed by atoms with van der Waals surface area (Å²) in [5.41, 5.74) is 1.19. The molecule has 0 saturated carbocycles. The second-order valence-electron chi connectivity index (χ2n) is 4.03. The van der Waals surface area contributed by atoms with E-state index in [0.717, 1.165) is 13.0 Å². The summed E-state index contributed by atoms with van der Waals surface area (Å²) in [6.07, 6.45) is 4.95. The molecule has 1 fully saturated rings.